The predicted octanol–water partition coefficient (Wildman–Crippen LogP) is 3.08. The molecule has 1 unspecified atom stereocenters. The minimum atomic E-state index is -0.579. The van der Waals surface area contributed by atoms with Crippen molar-refractivity contribution in [1.82, 2.24) is 15.2 Å². The van der Waals surface area contributed by atoms with Crippen LogP contribution in [0.3, 0.4) is 0 Å². The van der Waals surface area contributed by atoms with Gasteiger partial charge in [-0.3, -0.25) is 4.79 Å². The predicted molar refractivity (Wildman–Crippen MR) is 123 cm³/mol. The number of aryl methyl sites for hydroxylation is 2. The molecule has 0 aliphatic heterocycles. The topological polar surface area (TPSA) is 75.5 Å². The molecule has 0 bridgehead atoms. The zero-order chi connectivity index (χ0) is 22.2. The minimum absolute atomic E-state index is 0.0130. The highest BCUT2D eigenvalue weighted by Crippen LogP contribution is 2.19. The molecule has 0 radical (unpaired) electrons. The van der Waals surface area contributed by atoms with Gasteiger partial charge in [0.15, 0.2) is 0 Å². The number of nitrogens with one attached hydrogen (secondary N) is 2. The summed E-state index contributed by atoms with van der Waals surface area (Å²) in [5.74, 6) is 0.746. The zero-order valence-corrected chi connectivity index (χ0v) is 18.4. The molecule has 1 heterocycles. The Morgan fingerprint density at radius 2 is 1.65 bits per heavy atom. The number of aliphatic hydroxyl groups excluding tert-OH is 1. The van der Waals surface area contributed by atoms with Gasteiger partial charge in [-0.2, -0.15) is 0 Å². The number of hydrogen-bond acceptors (Lipinski definition) is 4. The van der Waals surface area contributed by atoms with Gasteiger partial charge in [0, 0.05) is 37.2 Å². The van der Waals surface area contributed by atoms with Crippen LogP contribution in [0.2, 0.25) is 0 Å². The molecule has 3 aromatic rings. The average molecular weight is 422 g/mol. The first-order chi connectivity index (χ1) is 15.0. The number of ether oxygens (including phenoxy) is 1. The highest BCUT2D eigenvalue weighted by atomic mass is 16.5. The summed E-state index contributed by atoms with van der Waals surface area (Å²) >= 11 is 0. The number of aromatic nitrogens is 1. The van der Waals surface area contributed by atoms with Crippen molar-refractivity contribution in [3.05, 3.63) is 83.2 Å². The lowest BCUT2D eigenvalue weighted by Gasteiger charge is -2.15. The number of benzene rings is 2. The number of likely N-dealkylation sites (N-methyl/N-ethyl adjacent to an activating group) is 1. The summed E-state index contributed by atoms with van der Waals surface area (Å²) in [6.45, 7) is 5.74. The Hall–Kier alpha value is -3.09. The van der Waals surface area contributed by atoms with Crippen molar-refractivity contribution in [3.63, 3.8) is 0 Å². The second-order valence-corrected chi connectivity index (χ2v) is 7.61. The molecule has 1 atom stereocenters. The Kier molecular flexibility index (Phi) is 7.87. The molecule has 6 nitrogen and oxygen atoms in total. The summed E-state index contributed by atoms with van der Waals surface area (Å²) in [4.78, 5) is 11.4. The number of hydrogen-bond donors (Lipinski definition) is 3. The van der Waals surface area contributed by atoms with Crippen LogP contribution in [-0.4, -0.2) is 42.3 Å². The van der Waals surface area contributed by atoms with E-state index in [4.69, 9.17) is 4.74 Å². The molecule has 0 aliphatic carbocycles. The van der Waals surface area contributed by atoms with Gasteiger partial charge in [0.1, 0.15) is 12.4 Å². The van der Waals surface area contributed by atoms with Crippen LogP contribution in [0, 0.1) is 13.8 Å². The number of carbonyl (C=O) groups excluding carboxylic acids is 1. The number of amides is 1. The summed E-state index contributed by atoms with van der Waals surface area (Å²) in [6, 6.07) is 19.7. The molecule has 0 spiro atoms. The molecule has 1 aromatic heterocycles. The number of aliphatic hydroxyl groups is 1. The molecule has 3 rings (SSSR count). The molecule has 164 valence electrons. The van der Waals surface area contributed by atoms with Crippen molar-refractivity contribution in [2.24, 2.45) is 0 Å². The molecule has 1 amide bonds. The largest absolute Gasteiger partial charge is 0.492 e. The highest BCUT2D eigenvalue weighted by molar-refractivity contribution is 5.78. The summed E-state index contributed by atoms with van der Waals surface area (Å²) < 4.78 is 7.90. The molecule has 0 saturated heterocycles. The average Bonchev–Trinajstić information content (AvgIpc) is 3.12. The maximum absolute atomic E-state index is 11.4. The van der Waals surface area contributed by atoms with Crippen LogP contribution >= 0.6 is 0 Å². The van der Waals surface area contributed by atoms with E-state index in [2.05, 4.69) is 41.2 Å². The monoisotopic (exact) mass is 421 g/mol. The Labute approximate surface area is 183 Å². The second kappa shape index (κ2) is 10.8. The van der Waals surface area contributed by atoms with Gasteiger partial charge in [-0.05, 0) is 61.4 Å². The third kappa shape index (κ3) is 6.20. The zero-order valence-electron chi connectivity index (χ0n) is 18.4. The lowest BCUT2D eigenvalue weighted by molar-refractivity contribution is -0.119. The van der Waals surface area contributed by atoms with E-state index in [0.717, 1.165) is 22.6 Å². The van der Waals surface area contributed by atoms with Crippen LogP contribution < -0.4 is 15.4 Å². The molecule has 0 aliphatic rings. The molecule has 3 N–H and O–H groups in total. The van der Waals surface area contributed by atoms with Crippen LogP contribution in [0.1, 0.15) is 28.6 Å². The first-order valence-corrected chi connectivity index (χ1v) is 10.5. The van der Waals surface area contributed by atoms with Crippen LogP contribution in [0.15, 0.2) is 60.7 Å². The first kappa shape index (κ1) is 22.6. The summed E-state index contributed by atoms with van der Waals surface area (Å²) in [5, 5.41) is 16.3. The Balaban J connectivity index is 1.40. The molecule has 6 heteroatoms. The van der Waals surface area contributed by atoms with Gasteiger partial charge < -0.3 is 25.0 Å². The Morgan fingerprint density at radius 1 is 1.00 bits per heavy atom. The molecular formula is C25H31N3O3. The van der Waals surface area contributed by atoms with Gasteiger partial charge in [0.2, 0.25) is 5.91 Å². The number of nitrogens with zero attached hydrogens (tertiary/aromatic N) is 1. The fourth-order valence-corrected chi connectivity index (χ4v) is 3.50. The molecular weight excluding hydrogens is 390 g/mol. The van der Waals surface area contributed by atoms with E-state index in [9.17, 15) is 9.90 Å². The molecule has 2 aromatic carbocycles. The standard InChI is InChI=1S/C25H31N3O3/c1-18-4-5-19(2)28(18)22-10-8-21(9-11-22)24(29)17-27-14-15-31-23-12-6-20(7-13-23)16-25(30)26-3/h4-13,24,27,29H,14-17H2,1-3H3,(H,26,30). The van der Waals surface area contributed by atoms with Crippen molar-refractivity contribution >= 4 is 5.91 Å². The lowest BCUT2D eigenvalue weighted by atomic mass is 10.1. The first-order valence-electron chi connectivity index (χ1n) is 10.5. The fraction of sp³-hybridized carbons (Fsp3) is 0.320. The van der Waals surface area contributed by atoms with Crippen molar-refractivity contribution in [3.8, 4) is 11.4 Å². The van der Waals surface area contributed by atoms with E-state index >= 15 is 0 Å². The van der Waals surface area contributed by atoms with Gasteiger partial charge in [-0.25, -0.2) is 0 Å². The van der Waals surface area contributed by atoms with E-state index in [1.165, 1.54) is 11.4 Å². The second-order valence-electron chi connectivity index (χ2n) is 7.61. The van der Waals surface area contributed by atoms with Gasteiger partial charge in [0.25, 0.3) is 0 Å². The Morgan fingerprint density at radius 3 is 2.26 bits per heavy atom. The fourth-order valence-electron chi connectivity index (χ4n) is 3.50. The SMILES string of the molecule is CNC(=O)Cc1ccc(OCCNCC(O)c2ccc(-n3c(C)ccc3C)cc2)cc1. The van der Waals surface area contributed by atoms with Crippen LogP contribution in [0.5, 0.6) is 5.75 Å². The third-order valence-electron chi connectivity index (χ3n) is 5.26. The summed E-state index contributed by atoms with van der Waals surface area (Å²) in [6.07, 6.45) is -0.216. The van der Waals surface area contributed by atoms with Crippen molar-refractivity contribution in [1.29, 1.82) is 0 Å². The van der Waals surface area contributed by atoms with Gasteiger partial charge in [-0.15, -0.1) is 0 Å². The lowest BCUT2D eigenvalue weighted by Crippen LogP contribution is -2.26. The number of carbonyl (C=O) groups is 1. The van der Waals surface area contributed by atoms with E-state index < -0.39 is 6.10 Å². The van der Waals surface area contributed by atoms with Gasteiger partial charge >= 0.3 is 0 Å². The summed E-state index contributed by atoms with van der Waals surface area (Å²) in [7, 11) is 1.63. The van der Waals surface area contributed by atoms with E-state index in [1.807, 2.05) is 48.5 Å². The smallest absolute Gasteiger partial charge is 0.224 e. The molecule has 31 heavy (non-hydrogen) atoms. The quantitative estimate of drug-likeness (QED) is 0.440. The number of rotatable bonds is 10. The summed E-state index contributed by atoms with van der Waals surface area (Å²) in [5.41, 5.74) is 5.30. The van der Waals surface area contributed by atoms with Crippen LogP contribution in [0.4, 0.5) is 0 Å². The Bertz CT molecular complexity index is 959. The molecule has 0 saturated carbocycles. The third-order valence-corrected chi connectivity index (χ3v) is 5.26. The minimum Gasteiger partial charge on any atom is -0.492 e. The van der Waals surface area contributed by atoms with E-state index in [0.29, 0.717) is 26.1 Å². The maximum atomic E-state index is 11.4. The highest BCUT2D eigenvalue weighted by Gasteiger charge is 2.09. The maximum Gasteiger partial charge on any atom is 0.224 e. The van der Waals surface area contributed by atoms with E-state index in [1.54, 1.807) is 7.05 Å². The van der Waals surface area contributed by atoms with Gasteiger partial charge in [0.05, 0.1) is 12.5 Å². The van der Waals surface area contributed by atoms with Crippen molar-refractivity contribution in [2.45, 2.75) is 26.4 Å². The molecule has 0 fully saturated rings. The van der Waals surface area contributed by atoms with Crippen LogP contribution in [0.25, 0.3) is 5.69 Å². The van der Waals surface area contributed by atoms with Gasteiger partial charge in [-0.1, -0.05) is 24.3 Å². The van der Waals surface area contributed by atoms with Crippen LogP contribution in [-0.2, 0) is 11.2 Å². The van der Waals surface area contributed by atoms with Crippen molar-refractivity contribution in [2.75, 3.05) is 26.7 Å². The normalized spacial score (nSPS) is 11.9. The van der Waals surface area contributed by atoms with Crippen molar-refractivity contribution < 1.29 is 14.6 Å². The van der Waals surface area contributed by atoms with E-state index in [-0.39, 0.29) is 5.91 Å².